The zero-order valence-electron chi connectivity index (χ0n) is 12.4. The third kappa shape index (κ3) is 4.34. The number of rotatable bonds is 7. The maximum absolute atomic E-state index is 12.7. The van der Waals surface area contributed by atoms with Gasteiger partial charge in [0.25, 0.3) is 0 Å². The molecule has 5 nitrogen and oxygen atoms in total. The Morgan fingerprint density at radius 1 is 1.33 bits per heavy atom. The summed E-state index contributed by atoms with van der Waals surface area (Å²) in [5, 5.41) is 3.16. The Morgan fingerprint density at radius 2 is 2.10 bits per heavy atom. The minimum atomic E-state index is -3.43. The summed E-state index contributed by atoms with van der Waals surface area (Å²) in [6.45, 7) is 1.96. The van der Waals surface area contributed by atoms with Gasteiger partial charge < -0.3 is 5.32 Å². The molecule has 0 aliphatic carbocycles. The van der Waals surface area contributed by atoms with Gasteiger partial charge in [-0.1, -0.05) is 6.42 Å². The van der Waals surface area contributed by atoms with Crippen molar-refractivity contribution in [2.45, 2.75) is 30.6 Å². The Kier molecular flexibility index (Phi) is 6.32. The first-order valence-corrected chi connectivity index (χ1v) is 10.2. The van der Waals surface area contributed by atoms with Crippen molar-refractivity contribution in [3.63, 3.8) is 0 Å². The average molecular weight is 329 g/mol. The van der Waals surface area contributed by atoms with Crippen LogP contribution >= 0.6 is 11.8 Å². The lowest BCUT2D eigenvalue weighted by Crippen LogP contribution is -2.36. The number of piperidine rings is 1. The van der Waals surface area contributed by atoms with Gasteiger partial charge in [-0.05, 0) is 43.4 Å². The molecule has 1 aliphatic heterocycles. The minimum Gasteiger partial charge on any atom is -0.369 e. The van der Waals surface area contributed by atoms with Crippen LogP contribution in [0.2, 0.25) is 0 Å². The van der Waals surface area contributed by atoms with Crippen molar-refractivity contribution in [2.24, 2.45) is 0 Å². The molecular weight excluding hydrogens is 306 g/mol. The van der Waals surface area contributed by atoms with E-state index in [0.717, 1.165) is 38.0 Å². The van der Waals surface area contributed by atoms with Crippen molar-refractivity contribution in [1.29, 1.82) is 0 Å². The number of sulfonamides is 1. The highest BCUT2D eigenvalue weighted by Gasteiger charge is 2.28. The van der Waals surface area contributed by atoms with Crippen LogP contribution in [-0.2, 0) is 10.0 Å². The zero-order valence-corrected chi connectivity index (χ0v) is 14.0. The normalized spacial score (nSPS) is 16.8. The first-order valence-electron chi connectivity index (χ1n) is 7.34. The molecule has 1 saturated heterocycles. The number of anilines is 1. The number of hydrogen-bond acceptors (Lipinski definition) is 5. The van der Waals surface area contributed by atoms with Crippen LogP contribution in [0.5, 0.6) is 0 Å². The smallest absolute Gasteiger partial charge is 0.246 e. The molecule has 1 N–H and O–H groups in total. The van der Waals surface area contributed by atoms with E-state index in [9.17, 15) is 8.42 Å². The summed E-state index contributed by atoms with van der Waals surface area (Å²) in [7, 11) is -3.43. The van der Waals surface area contributed by atoms with Crippen LogP contribution in [0.4, 0.5) is 5.82 Å². The molecule has 7 heteroatoms. The van der Waals surface area contributed by atoms with Gasteiger partial charge in [-0.25, -0.2) is 13.4 Å². The van der Waals surface area contributed by atoms with Gasteiger partial charge in [0.05, 0.1) is 0 Å². The highest BCUT2D eigenvalue weighted by atomic mass is 32.2. The Bertz CT molecular complexity index is 543. The van der Waals surface area contributed by atoms with Crippen molar-refractivity contribution in [3.8, 4) is 0 Å². The van der Waals surface area contributed by atoms with Crippen molar-refractivity contribution >= 4 is 27.6 Å². The first kappa shape index (κ1) is 16.6. The highest BCUT2D eigenvalue weighted by Crippen LogP contribution is 2.25. The Morgan fingerprint density at radius 3 is 2.81 bits per heavy atom. The van der Waals surface area contributed by atoms with Crippen molar-refractivity contribution in [3.05, 3.63) is 18.3 Å². The molecule has 2 heterocycles. The largest absolute Gasteiger partial charge is 0.369 e. The molecule has 0 spiro atoms. The standard InChI is InChI=1S/C14H23N3O2S2/c1-20-12-6-9-16-14-13(7-5-8-15-14)21(18,19)17-10-3-2-4-11-17/h5,7-8H,2-4,6,9-12H2,1H3,(H,15,16). The molecule has 1 aliphatic rings. The Labute approximate surface area is 131 Å². The van der Waals surface area contributed by atoms with Crippen LogP contribution in [0.15, 0.2) is 23.2 Å². The molecule has 118 valence electrons. The van der Waals surface area contributed by atoms with Crippen LogP contribution in [0.25, 0.3) is 0 Å². The molecule has 2 rings (SSSR count). The summed E-state index contributed by atoms with van der Waals surface area (Å²) >= 11 is 1.78. The van der Waals surface area contributed by atoms with Gasteiger partial charge in [0, 0.05) is 25.8 Å². The lowest BCUT2D eigenvalue weighted by Gasteiger charge is -2.26. The fourth-order valence-electron chi connectivity index (χ4n) is 2.40. The van der Waals surface area contributed by atoms with E-state index in [2.05, 4.69) is 16.6 Å². The lowest BCUT2D eigenvalue weighted by molar-refractivity contribution is 0.346. The van der Waals surface area contributed by atoms with Gasteiger partial charge in [0.1, 0.15) is 10.7 Å². The van der Waals surface area contributed by atoms with Gasteiger partial charge in [0.15, 0.2) is 0 Å². The fraction of sp³-hybridized carbons (Fsp3) is 0.643. The van der Waals surface area contributed by atoms with E-state index >= 15 is 0 Å². The van der Waals surface area contributed by atoms with Gasteiger partial charge in [-0.15, -0.1) is 0 Å². The molecule has 1 fully saturated rings. The van der Waals surface area contributed by atoms with Gasteiger partial charge in [-0.3, -0.25) is 0 Å². The summed E-state index contributed by atoms with van der Waals surface area (Å²) in [6, 6.07) is 3.33. The SMILES string of the molecule is CSCCCNc1ncccc1S(=O)(=O)N1CCCCC1. The molecule has 0 atom stereocenters. The van der Waals surface area contributed by atoms with Crippen molar-refractivity contribution < 1.29 is 8.42 Å². The van der Waals surface area contributed by atoms with Crippen molar-refractivity contribution in [2.75, 3.05) is 37.0 Å². The van der Waals surface area contributed by atoms with Crippen LogP contribution in [0, 0.1) is 0 Å². The van der Waals surface area contributed by atoms with Crippen molar-refractivity contribution in [1.82, 2.24) is 9.29 Å². The fourth-order valence-corrected chi connectivity index (χ4v) is 4.47. The second kappa shape index (κ2) is 8.00. The summed E-state index contributed by atoms with van der Waals surface area (Å²) in [5.74, 6) is 1.53. The molecule has 21 heavy (non-hydrogen) atoms. The summed E-state index contributed by atoms with van der Waals surface area (Å²) in [4.78, 5) is 4.52. The summed E-state index contributed by atoms with van der Waals surface area (Å²) in [5.41, 5.74) is 0. The molecule has 0 saturated carbocycles. The van der Waals surface area contributed by atoms with Gasteiger partial charge >= 0.3 is 0 Å². The van der Waals surface area contributed by atoms with E-state index in [4.69, 9.17) is 0 Å². The average Bonchev–Trinajstić information content (AvgIpc) is 2.53. The van der Waals surface area contributed by atoms with Gasteiger partial charge in [-0.2, -0.15) is 16.1 Å². The number of aromatic nitrogens is 1. The number of thioether (sulfide) groups is 1. The summed E-state index contributed by atoms with van der Waals surface area (Å²) < 4.78 is 27.1. The third-order valence-corrected chi connectivity index (χ3v) is 6.15. The summed E-state index contributed by atoms with van der Waals surface area (Å²) in [6.07, 6.45) is 7.67. The number of pyridine rings is 1. The quantitative estimate of drug-likeness (QED) is 0.779. The third-order valence-electron chi connectivity index (χ3n) is 3.52. The molecule has 0 unspecified atom stereocenters. The van der Waals surface area contributed by atoms with Crippen LogP contribution in [0.3, 0.4) is 0 Å². The van der Waals surface area contributed by atoms with E-state index in [0.29, 0.717) is 23.8 Å². The first-order chi connectivity index (χ1) is 10.2. The second-order valence-corrected chi connectivity index (χ2v) is 7.98. The molecule has 1 aromatic heterocycles. The maximum atomic E-state index is 12.7. The minimum absolute atomic E-state index is 0.302. The van der Waals surface area contributed by atoms with E-state index in [1.165, 1.54) is 0 Å². The number of nitrogens with zero attached hydrogens (tertiary/aromatic N) is 2. The highest BCUT2D eigenvalue weighted by molar-refractivity contribution is 7.98. The number of nitrogens with one attached hydrogen (secondary N) is 1. The predicted octanol–water partition coefficient (Wildman–Crippen LogP) is 2.42. The predicted molar refractivity (Wildman–Crippen MR) is 88.3 cm³/mol. The second-order valence-electron chi connectivity index (χ2n) is 5.09. The molecule has 0 radical (unpaired) electrons. The van der Waals surface area contributed by atoms with Crippen LogP contribution in [-0.4, -0.2) is 49.3 Å². The van der Waals surface area contributed by atoms with Crippen LogP contribution in [0.1, 0.15) is 25.7 Å². The molecule has 1 aromatic rings. The maximum Gasteiger partial charge on any atom is 0.246 e. The van der Waals surface area contributed by atoms with E-state index in [1.54, 1.807) is 34.4 Å². The van der Waals surface area contributed by atoms with E-state index < -0.39 is 10.0 Å². The monoisotopic (exact) mass is 329 g/mol. The van der Waals surface area contributed by atoms with E-state index in [-0.39, 0.29) is 0 Å². The van der Waals surface area contributed by atoms with Crippen LogP contribution < -0.4 is 5.32 Å². The Hall–Kier alpha value is -0.790. The molecule has 0 aromatic carbocycles. The number of hydrogen-bond donors (Lipinski definition) is 1. The van der Waals surface area contributed by atoms with E-state index in [1.807, 2.05) is 0 Å². The molecular formula is C14H23N3O2S2. The topological polar surface area (TPSA) is 62.3 Å². The Balaban J connectivity index is 2.14. The zero-order chi connectivity index (χ0) is 15.1. The molecule has 0 amide bonds. The van der Waals surface area contributed by atoms with Gasteiger partial charge in [0.2, 0.25) is 10.0 Å². The molecule has 0 bridgehead atoms. The lowest BCUT2D eigenvalue weighted by atomic mass is 10.2.